The van der Waals surface area contributed by atoms with Crippen LogP contribution in [-0.2, 0) is 9.59 Å². The van der Waals surface area contributed by atoms with Gasteiger partial charge in [-0.3, -0.25) is 24.1 Å². The molecule has 2 rings (SSSR count). The number of benzene rings is 1. The number of carbonyl (C=O) groups excluding carboxylic acids is 3. The van der Waals surface area contributed by atoms with E-state index in [1.54, 1.807) is 32.0 Å². The zero-order valence-electron chi connectivity index (χ0n) is 14.6. The number of hydrogen-bond donors (Lipinski definition) is 2. The Morgan fingerprint density at radius 3 is 2.28 bits per heavy atom. The topological polar surface area (TPSA) is 104 Å². The number of fused-ring (bicyclic) bond motifs is 1. The first-order valence-corrected chi connectivity index (χ1v) is 8.22. The molecule has 0 unspecified atom stereocenters. The van der Waals surface area contributed by atoms with Gasteiger partial charge in [-0.2, -0.15) is 0 Å². The van der Waals surface area contributed by atoms with Gasteiger partial charge in [-0.15, -0.1) is 0 Å². The third kappa shape index (κ3) is 3.70. The summed E-state index contributed by atoms with van der Waals surface area (Å²) < 4.78 is 0. The number of aliphatic carboxylic acids is 1. The van der Waals surface area contributed by atoms with E-state index in [4.69, 9.17) is 5.11 Å². The SMILES string of the molecule is CCC(CC)(CC(=O)O)NC(=O)CN1C(=O)c2ccc(C)cc2C1=O. The Morgan fingerprint density at radius 1 is 1.12 bits per heavy atom. The molecule has 0 saturated heterocycles. The van der Waals surface area contributed by atoms with E-state index in [2.05, 4.69) is 5.32 Å². The predicted molar refractivity (Wildman–Crippen MR) is 90.3 cm³/mol. The lowest BCUT2D eigenvalue weighted by Crippen LogP contribution is -2.52. The maximum atomic E-state index is 12.4. The number of carboxylic acids is 1. The summed E-state index contributed by atoms with van der Waals surface area (Å²) in [6.07, 6.45) is 0.652. The molecule has 7 heteroatoms. The molecule has 0 radical (unpaired) electrons. The Hall–Kier alpha value is -2.70. The summed E-state index contributed by atoms with van der Waals surface area (Å²) in [4.78, 5) is 49.1. The lowest BCUT2D eigenvalue weighted by Gasteiger charge is -2.32. The van der Waals surface area contributed by atoms with Gasteiger partial charge in [-0.05, 0) is 31.9 Å². The number of nitrogens with zero attached hydrogens (tertiary/aromatic N) is 1. The number of carboxylic acid groups (broad SMARTS) is 1. The maximum absolute atomic E-state index is 12.4. The van der Waals surface area contributed by atoms with Crippen molar-refractivity contribution in [2.75, 3.05) is 6.54 Å². The molecule has 0 fully saturated rings. The number of imide groups is 1. The van der Waals surface area contributed by atoms with E-state index in [1.165, 1.54) is 0 Å². The predicted octanol–water partition coefficient (Wildman–Crippen LogP) is 1.74. The fraction of sp³-hybridized carbons (Fsp3) is 0.444. The Balaban J connectivity index is 2.14. The average molecular weight is 346 g/mol. The second-order valence-corrected chi connectivity index (χ2v) is 6.35. The minimum atomic E-state index is -1.01. The molecule has 134 valence electrons. The summed E-state index contributed by atoms with van der Waals surface area (Å²) in [7, 11) is 0. The van der Waals surface area contributed by atoms with Crippen LogP contribution >= 0.6 is 0 Å². The molecule has 3 amide bonds. The van der Waals surface area contributed by atoms with E-state index in [1.807, 2.05) is 6.92 Å². The number of carbonyl (C=O) groups is 4. The molecule has 0 atom stereocenters. The van der Waals surface area contributed by atoms with Crippen LogP contribution in [0.25, 0.3) is 0 Å². The Morgan fingerprint density at radius 2 is 1.72 bits per heavy atom. The summed E-state index contributed by atoms with van der Waals surface area (Å²) in [6.45, 7) is 4.97. The van der Waals surface area contributed by atoms with Gasteiger partial charge in [0.05, 0.1) is 23.1 Å². The molecule has 0 aromatic heterocycles. The van der Waals surface area contributed by atoms with Gasteiger partial charge in [0.2, 0.25) is 5.91 Å². The van der Waals surface area contributed by atoms with Crippen molar-refractivity contribution in [3.63, 3.8) is 0 Å². The van der Waals surface area contributed by atoms with Crippen molar-refractivity contribution < 1.29 is 24.3 Å². The van der Waals surface area contributed by atoms with Crippen LogP contribution in [0.5, 0.6) is 0 Å². The molecule has 0 spiro atoms. The van der Waals surface area contributed by atoms with Crippen molar-refractivity contribution in [3.05, 3.63) is 34.9 Å². The fourth-order valence-electron chi connectivity index (χ4n) is 3.04. The fourth-order valence-corrected chi connectivity index (χ4v) is 3.04. The van der Waals surface area contributed by atoms with E-state index < -0.39 is 35.8 Å². The van der Waals surface area contributed by atoms with Crippen molar-refractivity contribution in [1.29, 1.82) is 0 Å². The summed E-state index contributed by atoms with van der Waals surface area (Å²) in [5.41, 5.74) is 0.536. The molecule has 0 bridgehead atoms. The van der Waals surface area contributed by atoms with Crippen LogP contribution < -0.4 is 5.32 Å². The molecule has 1 aliphatic heterocycles. The molecule has 7 nitrogen and oxygen atoms in total. The van der Waals surface area contributed by atoms with Gasteiger partial charge in [0, 0.05) is 0 Å². The molecule has 0 saturated carbocycles. The molecule has 1 aliphatic rings. The van der Waals surface area contributed by atoms with E-state index in [9.17, 15) is 19.2 Å². The van der Waals surface area contributed by atoms with E-state index >= 15 is 0 Å². The standard InChI is InChI=1S/C18H22N2O5/c1-4-18(5-2,9-15(22)23)19-14(21)10-20-16(24)12-7-6-11(3)8-13(12)17(20)25/h6-8H,4-5,9-10H2,1-3H3,(H,19,21)(H,22,23). The molecular formula is C18H22N2O5. The molecule has 0 aliphatic carbocycles. The number of aryl methyl sites for hydroxylation is 1. The van der Waals surface area contributed by atoms with E-state index in [-0.39, 0.29) is 12.0 Å². The molecule has 2 N–H and O–H groups in total. The van der Waals surface area contributed by atoms with Crippen molar-refractivity contribution >= 4 is 23.7 Å². The van der Waals surface area contributed by atoms with Crippen LogP contribution in [0.1, 0.15) is 59.4 Å². The van der Waals surface area contributed by atoms with Crippen LogP contribution in [-0.4, -0.2) is 45.8 Å². The highest BCUT2D eigenvalue weighted by atomic mass is 16.4. The van der Waals surface area contributed by atoms with Crippen LogP contribution in [0.15, 0.2) is 18.2 Å². The van der Waals surface area contributed by atoms with Crippen LogP contribution in [0.2, 0.25) is 0 Å². The maximum Gasteiger partial charge on any atom is 0.305 e. The average Bonchev–Trinajstić information content (AvgIpc) is 2.78. The van der Waals surface area contributed by atoms with Crippen molar-refractivity contribution in [3.8, 4) is 0 Å². The molecule has 1 heterocycles. The van der Waals surface area contributed by atoms with E-state index in [0.717, 1.165) is 10.5 Å². The summed E-state index contributed by atoms with van der Waals surface area (Å²) >= 11 is 0. The molecule has 1 aromatic rings. The highest BCUT2D eigenvalue weighted by Gasteiger charge is 2.38. The van der Waals surface area contributed by atoms with Crippen LogP contribution in [0, 0.1) is 6.92 Å². The van der Waals surface area contributed by atoms with E-state index in [0.29, 0.717) is 18.4 Å². The molecular weight excluding hydrogens is 324 g/mol. The van der Waals surface area contributed by atoms with Gasteiger partial charge in [-0.25, -0.2) is 0 Å². The smallest absolute Gasteiger partial charge is 0.305 e. The van der Waals surface area contributed by atoms with Crippen LogP contribution in [0.3, 0.4) is 0 Å². The quantitative estimate of drug-likeness (QED) is 0.732. The normalized spacial score (nSPS) is 13.8. The lowest BCUT2D eigenvalue weighted by atomic mass is 9.89. The first kappa shape index (κ1) is 18.6. The molecule has 1 aromatic carbocycles. The monoisotopic (exact) mass is 346 g/mol. The zero-order valence-corrected chi connectivity index (χ0v) is 14.6. The summed E-state index contributed by atoms with van der Waals surface area (Å²) in [5, 5.41) is 11.8. The second-order valence-electron chi connectivity index (χ2n) is 6.35. The third-order valence-electron chi connectivity index (χ3n) is 4.68. The minimum Gasteiger partial charge on any atom is -0.481 e. The number of rotatable bonds is 7. The van der Waals surface area contributed by atoms with Crippen LogP contribution in [0.4, 0.5) is 0 Å². The Labute approximate surface area is 146 Å². The number of hydrogen-bond acceptors (Lipinski definition) is 4. The number of nitrogens with one attached hydrogen (secondary N) is 1. The third-order valence-corrected chi connectivity index (χ3v) is 4.68. The van der Waals surface area contributed by atoms with Gasteiger partial charge in [0.1, 0.15) is 6.54 Å². The number of amides is 3. The first-order chi connectivity index (χ1) is 11.7. The Bertz CT molecular complexity index is 737. The van der Waals surface area contributed by atoms with Gasteiger partial charge < -0.3 is 10.4 Å². The van der Waals surface area contributed by atoms with Gasteiger partial charge in [0.15, 0.2) is 0 Å². The van der Waals surface area contributed by atoms with Crippen molar-refractivity contribution in [1.82, 2.24) is 10.2 Å². The lowest BCUT2D eigenvalue weighted by molar-refractivity contribution is -0.139. The first-order valence-electron chi connectivity index (χ1n) is 8.22. The highest BCUT2D eigenvalue weighted by Crippen LogP contribution is 2.24. The van der Waals surface area contributed by atoms with Crippen molar-refractivity contribution in [2.24, 2.45) is 0 Å². The van der Waals surface area contributed by atoms with Gasteiger partial charge in [-0.1, -0.05) is 25.5 Å². The molecule has 25 heavy (non-hydrogen) atoms. The van der Waals surface area contributed by atoms with Gasteiger partial charge >= 0.3 is 5.97 Å². The zero-order chi connectivity index (χ0) is 18.8. The Kier molecular flexibility index (Phi) is 5.25. The second kappa shape index (κ2) is 7.04. The summed E-state index contributed by atoms with van der Waals surface area (Å²) in [6, 6.07) is 4.94. The van der Waals surface area contributed by atoms with Gasteiger partial charge in [0.25, 0.3) is 11.8 Å². The highest BCUT2D eigenvalue weighted by molar-refractivity contribution is 6.22. The van der Waals surface area contributed by atoms with Crippen molar-refractivity contribution in [2.45, 2.75) is 45.6 Å². The largest absolute Gasteiger partial charge is 0.481 e. The minimum absolute atomic E-state index is 0.215. The summed E-state index contributed by atoms with van der Waals surface area (Å²) in [5.74, 6) is -2.57.